The van der Waals surface area contributed by atoms with E-state index in [1.165, 1.54) is 34.6 Å². The van der Waals surface area contributed by atoms with Gasteiger partial charge in [-0.2, -0.15) is 0 Å². The third-order valence-corrected chi connectivity index (χ3v) is 10.0. The molecule has 0 rings (SSSR count). The van der Waals surface area contributed by atoms with Gasteiger partial charge < -0.3 is 97.7 Å². The molecule has 0 fully saturated rings. The third-order valence-electron chi connectivity index (χ3n) is 10.0. The molecule has 25 heteroatoms. The Morgan fingerprint density at radius 3 is 0.587 bits per heavy atom. The molecule has 0 aromatic rings. The summed E-state index contributed by atoms with van der Waals surface area (Å²) in [6, 6.07) is 0. The standard InChI is InChI=1S/C50H82O25/c1-33(2)43(59)71-16-38(54)11-64-24-48(21-51,25-65-12-39(55)17-72-44(60)34(3)4)29-69-31-50(23-53,28-68-15-42(58)20-75-47(63)37(9)10)32-70-30-49(22-52,26-66-13-40(56)18-73-45(61)35(5)6)27-67-14-41(57)19-74-46(62)36(7)8/h38-42,51-58H,1,3,5,7,9,11-32H2,2,4,6,8,10H3. The van der Waals surface area contributed by atoms with Gasteiger partial charge in [0, 0.05) is 27.9 Å². The van der Waals surface area contributed by atoms with Crippen LogP contribution in [-0.4, -0.2) is 247 Å². The van der Waals surface area contributed by atoms with Crippen LogP contribution < -0.4 is 0 Å². The van der Waals surface area contributed by atoms with Crippen LogP contribution in [0.1, 0.15) is 34.6 Å². The van der Waals surface area contributed by atoms with Crippen LogP contribution in [0.15, 0.2) is 60.8 Å². The van der Waals surface area contributed by atoms with Crippen LogP contribution in [-0.2, 0) is 80.8 Å². The molecule has 432 valence electrons. The molecule has 8 N–H and O–H groups in total. The highest BCUT2D eigenvalue weighted by molar-refractivity contribution is 5.88. The maximum atomic E-state index is 11.9. The predicted molar refractivity (Wildman–Crippen MR) is 263 cm³/mol. The summed E-state index contributed by atoms with van der Waals surface area (Å²) in [6.45, 7) is 14.4. The molecular weight excluding hydrogens is 1000 g/mol. The monoisotopic (exact) mass is 1080 g/mol. The second kappa shape index (κ2) is 38.1. The summed E-state index contributed by atoms with van der Waals surface area (Å²) in [5.74, 6) is -3.75. The van der Waals surface area contributed by atoms with Gasteiger partial charge in [0.2, 0.25) is 0 Å². The SMILES string of the molecule is C=C(C)C(=O)OCC(O)COCC(CO)(COCC(O)COC(=O)C(=C)C)COCC(CO)(COCC(O)COC(=O)C(=C)C)COCC(CO)(COCC(O)COC(=O)C(=C)C)COCC(O)COC(=O)C(=C)C. The van der Waals surface area contributed by atoms with Crippen molar-refractivity contribution in [2.24, 2.45) is 16.2 Å². The molecule has 0 aliphatic rings. The van der Waals surface area contributed by atoms with Crippen LogP contribution in [0.2, 0.25) is 0 Å². The number of esters is 5. The lowest BCUT2D eigenvalue weighted by molar-refractivity contribution is -0.159. The first-order valence-electron chi connectivity index (χ1n) is 23.6. The van der Waals surface area contributed by atoms with E-state index >= 15 is 0 Å². The Morgan fingerprint density at radius 1 is 0.307 bits per heavy atom. The summed E-state index contributed by atoms with van der Waals surface area (Å²) in [7, 11) is 0. The summed E-state index contributed by atoms with van der Waals surface area (Å²) < 4.78 is 65.8. The van der Waals surface area contributed by atoms with Gasteiger partial charge in [-0.1, -0.05) is 32.9 Å². The van der Waals surface area contributed by atoms with E-state index in [9.17, 15) is 64.8 Å². The maximum absolute atomic E-state index is 11.9. The van der Waals surface area contributed by atoms with Crippen molar-refractivity contribution < 1.29 is 122 Å². The van der Waals surface area contributed by atoms with E-state index in [4.69, 9.17) is 56.8 Å². The third kappa shape index (κ3) is 31.3. The Hall–Kier alpha value is -4.55. The topological polar surface area (TPSA) is 358 Å². The minimum Gasteiger partial charge on any atom is -0.460 e. The molecule has 5 unspecified atom stereocenters. The number of aliphatic hydroxyl groups excluding tert-OH is 8. The molecule has 0 saturated carbocycles. The van der Waals surface area contributed by atoms with E-state index in [2.05, 4.69) is 32.9 Å². The molecule has 0 heterocycles. The van der Waals surface area contributed by atoms with Crippen molar-refractivity contribution in [1.29, 1.82) is 0 Å². The number of hydrogen-bond donors (Lipinski definition) is 8. The van der Waals surface area contributed by atoms with Gasteiger partial charge in [0.15, 0.2) is 0 Å². The van der Waals surface area contributed by atoms with Crippen LogP contribution >= 0.6 is 0 Å². The zero-order chi connectivity index (χ0) is 57.2. The van der Waals surface area contributed by atoms with Crippen molar-refractivity contribution in [2.45, 2.75) is 65.1 Å². The molecule has 0 bridgehead atoms. The van der Waals surface area contributed by atoms with Crippen molar-refractivity contribution in [2.75, 3.05) is 145 Å². The highest BCUT2D eigenvalue weighted by Crippen LogP contribution is 2.27. The van der Waals surface area contributed by atoms with Crippen molar-refractivity contribution in [3.63, 3.8) is 0 Å². The van der Waals surface area contributed by atoms with Gasteiger partial charge in [-0.15, -0.1) is 0 Å². The quantitative estimate of drug-likeness (QED) is 0.0194. The lowest BCUT2D eigenvalue weighted by atomic mass is 9.89. The van der Waals surface area contributed by atoms with Crippen LogP contribution in [0.25, 0.3) is 0 Å². The number of rotatable bonds is 46. The van der Waals surface area contributed by atoms with Crippen molar-refractivity contribution >= 4 is 29.8 Å². The van der Waals surface area contributed by atoms with Crippen molar-refractivity contribution in [3.8, 4) is 0 Å². The Labute approximate surface area is 438 Å². The lowest BCUT2D eigenvalue weighted by Gasteiger charge is -2.37. The lowest BCUT2D eigenvalue weighted by Crippen LogP contribution is -2.47. The predicted octanol–water partition coefficient (Wildman–Crippen LogP) is -1.56. The summed E-state index contributed by atoms with van der Waals surface area (Å²) in [5, 5.41) is 84.9. The number of hydrogen-bond acceptors (Lipinski definition) is 25. The van der Waals surface area contributed by atoms with Gasteiger partial charge >= 0.3 is 29.8 Å². The number of carbonyl (C=O) groups is 5. The average Bonchev–Trinajstić information content (AvgIpc) is 3.36. The summed E-state index contributed by atoms with van der Waals surface area (Å²) in [5.41, 5.74) is -4.02. The Kier molecular flexibility index (Phi) is 35.8. The molecule has 0 spiro atoms. The molecule has 0 aliphatic heterocycles. The molecule has 0 amide bonds. The molecule has 25 nitrogen and oxygen atoms in total. The summed E-state index contributed by atoms with van der Waals surface area (Å²) in [6.07, 6.45) is -6.62. The van der Waals surface area contributed by atoms with E-state index < -0.39 is 196 Å². The highest BCUT2D eigenvalue weighted by Gasteiger charge is 2.38. The van der Waals surface area contributed by atoms with E-state index in [0.717, 1.165) is 0 Å². The largest absolute Gasteiger partial charge is 0.460 e. The van der Waals surface area contributed by atoms with E-state index in [-0.39, 0.29) is 54.3 Å². The molecular formula is C50H82O25. The molecule has 0 aliphatic carbocycles. The maximum Gasteiger partial charge on any atom is 0.333 e. The van der Waals surface area contributed by atoms with Crippen LogP contribution in [0.3, 0.4) is 0 Å². The second-order valence-corrected chi connectivity index (χ2v) is 18.7. The molecule has 5 atom stereocenters. The minimum atomic E-state index is -1.54. The number of aliphatic hydroxyl groups is 8. The van der Waals surface area contributed by atoms with Gasteiger partial charge in [-0.3, -0.25) is 0 Å². The van der Waals surface area contributed by atoms with Crippen LogP contribution in [0.4, 0.5) is 0 Å². The van der Waals surface area contributed by atoms with Gasteiger partial charge in [-0.25, -0.2) is 24.0 Å². The van der Waals surface area contributed by atoms with Crippen LogP contribution in [0, 0.1) is 16.2 Å². The first-order valence-corrected chi connectivity index (χ1v) is 23.6. The van der Waals surface area contributed by atoms with E-state index in [1.807, 2.05) is 0 Å². The first kappa shape index (κ1) is 70.5. The Morgan fingerprint density at radius 2 is 0.453 bits per heavy atom. The van der Waals surface area contributed by atoms with Crippen molar-refractivity contribution in [3.05, 3.63) is 60.8 Å². The van der Waals surface area contributed by atoms with Crippen molar-refractivity contribution in [1.82, 2.24) is 0 Å². The zero-order valence-corrected chi connectivity index (χ0v) is 44.0. The average molecular weight is 1080 g/mol. The fourth-order valence-electron chi connectivity index (χ4n) is 5.53. The van der Waals surface area contributed by atoms with Gasteiger partial charge in [0.05, 0.1) is 129 Å². The molecule has 0 radical (unpaired) electrons. The summed E-state index contributed by atoms with van der Waals surface area (Å²) >= 11 is 0. The fraction of sp³-hybridized carbons (Fsp3) is 0.700. The van der Waals surface area contributed by atoms with Gasteiger partial charge in [0.25, 0.3) is 0 Å². The Bertz CT molecular complexity index is 1610. The van der Waals surface area contributed by atoms with E-state index in [0.29, 0.717) is 0 Å². The smallest absolute Gasteiger partial charge is 0.333 e. The van der Waals surface area contributed by atoms with E-state index in [1.54, 1.807) is 0 Å². The van der Waals surface area contributed by atoms with Gasteiger partial charge in [-0.05, 0) is 34.6 Å². The molecule has 0 saturated heterocycles. The number of ether oxygens (including phenoxy) is 12. The number of carbonyl (C=O) groups excluding carboxylic acids is 5. The molecule has 0 aromatic heterocycles. The fourth-order valence-corrected chi connectivity index (χ4v) is 5.53. The first-order chi connectivity index (χ1) is 35.2. The van der Waals surface area contributed by atoms with Gasteiger partial charge in [0.1, 0.15) is 63.6 Å². The molecule has 0 aromatic carbocycles. The summed E-state index contributed by atoms with van der Waals surface area (Å²) in [4.78, 5) is 59.3. The molecule has 75 heavy (non-hydrogen) atoms. The minimum absolute atomic E-state index is 0.0855. The zero-order valence-electron chi connectivity index (χ0n) is 44.0. The Balaban J connectivity index is 6.66. The normalized spacial score (nSPS) is 15.8. The highest BCUT2D eigenvalue weighted by atomic mass is 16.6. The van der Waals surface area contributed by atoms with Crippen LogP contribution in [0.5, 0.6) is 0 Å². The second-order valence-electron chi connectivity index (χ2n) is 18.7.